The van der Waals surface area contributed by atoms with Crippen LogP contribution < -0.4 is 10.5 Å². The number of anilines is 1. The molecule has 0 amide bonds. The third kappa shape index (κ3) is 1.84. The van der Waals surface area contributed by atoms with E-state index in [2.05, 4.69) is 4.98 Å². The van der Waals surface area contributed by atoms with Crippen molar-refractivity contribution in [3.63, 3.8) is 0 Å². The first-order valence-electron chi connectivity index (χ1n) is 5.08. The Balaban J connectivity index is 2.46. The van der Waals surface area contributed by atoms with Crippen molar-refractivity contribution < 1.29 is 4.74 Å². The number of hydrogen-bond acceptors (Lipinski definition) is 3. The molecule has 1 aromatic carbocycles. The van der Waals surface area contributed by atoms with Crippen LogP contribution in [0.4, 0.5) is 5.69 Å². The molecular weight excluding hydrogens is 200 g/mol. The molecule has 0 fully saturated rings. The maximum atomic E-state index is 5.99. The normalized spacial score (nSPS) is 10.1. The lowest BCUT2D eigenvalue weighted by Crippen LogP contribution is -1.96. The van der Waals surface area contributed by atoms with Gasteiger partial charge < -0.3 is 10.5 Å². The van der Waals surface area contributed by atoms with Crippen LogP contribution in [-0.4, -0.2) is 12.1 Å². The zero-order chi connectivity index (χ0) is 11.5. The van der Waals surface area contributed by atoms with Crippen molar-refractivity contribution in [1.29, 1.82) is 0 Å². The molecule has 3 nitrogen and oxygen atoms in total. The maximum absolute atomic E-state index is 5.99. The molecule has 2 aromatic rings. The van der Waals surface area contributed by atoms with Gasteiger partial charge in [-0.05, 0) is 42.8 Å². The number of nitrogens with zero attached hydrogens (tertiary/aromatic N) is 1. The second kappa shape index (κ2) is 4.23. The van der Waals surface area contributed by atoms with Crippen LogP contribution in [0.3, 0.4) is 0 Å². The van der Waals surface area contributed by atoms with Gasteiger partial charge in [0.1, 0.15) is 5.75 Å². The molecule has 1 heterocycles. The van der Waals surface area contributed by atoms with Gasteiger partial charge in [0, 0.05) is 11.8 Å². The van der Waals surface area contributed by atoms with Gasteiger partial charge in [-0.15, -0.1) is 0 Å². The van der Waals surface area contributed by atoms with Gasteiger partial charge in [0.15, 0.2) is 0 Å². The zero-order valence-corrected chi connectivity index (χ0v) is 9.40. The number of hydrogen-bond donors (Lipinski definition) is 1. The minimum Gasteiger partial charge on any atom is -0.497 e. The van der Waals surface area contributed by atoms with E-state index in [1.807, 2.05) is 37.3 Å². The minimum atomic E-state index is 0.729. The summed E-state index contributed by atoms with van der Waals surface area (Å²) in [5, 5.41) is 0. The van der Waals surface area contributed by atoms with Gasteiger partial charge in [-0.1, -0.05) is 0 Å². The molecule has 82 valence electrons. The molecule has 1 aromatic heterocycles. The quantitative estimate of drug-likeness (QED) is 0.836. The predicted octanol–water partition coefficient (Wildman–Crippen LogP) is 2.65. The van der Waals surface area contributed by atoms with Crippen LogP contribution in [0, 0.1) is 6.92 Å². The molecule has 0 aliphatic carbocycles. The molecule has 0 aliphatic rings. The number of benzene rings is 1. The van der Waals surface area contributed by atoms with Gasteiger partial charge in [-0.3, -0.25) is 4.98 Å². The summed E-state index contributed by atoms with van der Waals surface area (Å²) in [4.78, 5) is 4.30. The largest absolute Gasteiger partial charge is 0.497 e. The fraction of sp³-hybridized carbons (Fsp3) is 0.154. The summed E-state index contributed by atoms with van der Waals surface area (Å²) in [5.74, 6) is 0.829. The minimum absolute atomic E-state index is 0.729. The number of methoxy groups -OCH3 is 1. The Hall–Kier alpha value is -2.03. The Labute approximate surface area is 94.9 Å². The van der Waals surface area contributed by atoms with Crippen LogP contribution in [-0.2, 0) is 0 Å². The molecule has 0 spiro atoms. The Morgan fingerprint density at radius 3 is 2.44 bits per heavy atom. The zero-order valence-electron chi connectivity index (χ0n) is 9.40. The SMILES string of the molecule is COc1ccc(-c2nccc(C)c2N)cc1. The van der Waals surface area contributed by atoms with Gasteiger partial charge in [0.05, 0.1) is 18.5 Å². The van der Waals surface area contributed by atoms with Gasteiger partial charge >= 0.3 is 0 Å². The van der Waals surface area contributed by atoms with E-state index in [4.69, 9.17) is 10.5 Å². The van der Waals surface area contributed by atoms with Crippen LogP contribution in [0.5, 0.6) is 5.75 Å². The van der Waals surface area contributed by atoms with Crippen LogP contribution >= 0.6 is 0 Å². The van der Waals surface area contributed by atoms with Crippen LogP contribution in [0.2, 0.25) is 0 Å². The highest BCUT2D eigenvalue weighted by atomic mass is 16.5. The molecule has 0 unspecified atom stereocenters. The average Bonchev–Trinajstić information content (AvgIpc) is 2.33. The van der Waals surface area contributed by atoms with E-state index < -0.39 is 0 Å². The van der Waals surface area contributed by atoms with E-state index in [-0.39, 0.29) is 0 Å². The smallest absolute Gasteiger partial charge is 0.118 e. The summed E-state index contributed by atoms with van der Waals surface area (Å²) in [5.41, 5.74) is 9.59. The summed E-state index contributed by atoms with van der Waals surface area (Å²) in [6, 6.07) is 9.62. The molecule has 0 saturated heterocycles. The summed E-state index contributed by atoms with van der Waals surface area (Å²) in [7, 11) is 1.65. The summed E-state index contributed by atoms with van der Waals surface area (Å²) in [6.45, 7) is 1.98. The molecule has 0 bridgehead atoms. The molecule has 2 rings (SSSR count). The second-order valence-corrected chi connectivity index (χ2v) is 3.62. The van der Waals surface area contributed by atoms with Gasteiger partial charge in [0.25, 0.3) is 0 Å². The molecule has 3 heteroatoms. The highest BCUT2D eigenvalue weighted by molar-refractivity contribution is 5.74. The van der Waals surface area contributed by atoms with E-state index in [0.29, 0.717) is 0 Å². The number of aryl methyl sites for hydroxylation is 1. The number of aromatic nitrogens is 1. The highest BCUT2D eigenvalue weighted by Gasteiger charge is 2.05. The van der Waals surface area contributed by atoms with Crippen molar-refractivity contribution in [2.45, 2.75) is 6.92 Å². The monoisotopic (exact) mass is 214 g/mol. The average molecular weight is 214 g/mol. The Bertz CT molecular complexity index is 492. The van der Waals surface area contributed by atoms with Crippen molar-refractivity contribution in [3.05, 3.63) is 42.1 Å². The topological polar surface area (TPSA) is 48.1 Å². The van der Waals surface area contributed by atoms with E-state index >= 15 is 0 Å². The summed E-state index contributed by atoms with van der Waals surface area (Å²) >= 11 is 0. The van der Waals surface area contributed by atoms with Crippen molar-refractivity contribution in [2.24, 2.45) is 0 Å². The lowest BCUT2D eigenvalue weighted by molar-refractivity contribution is 0.415. The first-order valence-corrected chi connectivity index (χ1v) is 5.08. The third-order valence-corrected chi connectivity index (χ3v) is 2.57. The van der Waals surface area contributed by atoms with Crippen molar-refractivity contribution in [1.82, 2.24) is 4.98 Å². The van der Waals surface area contributed by atoms with E-state index in [0.717, 1.165) is 28.3 Å². The van der Waals surface area contributed by atoms with E-state index in [1.165, 1.54) is 0 Å². The van der Waals surface area contributed by atoms with Gasteiger partial charge in [0.2, 0.25) is 0 Å². The standard InChI is InChI=1S/C13H14N2O/c1-9-7-8-15-13(12(9)14)10-3-5-11(16-2)6-4-10/h3-8H,14H2,1-2H3. The fourth-order valence-corrected chi connectivity index (χ4v) is 1.55. The summed E-state index contributed by atoms with van der Waals surface area (Å²) in [6.07, 6.45) is 1.77. The number of ether oxygens (including phenoxy) is 1. The van der Waals surface area contributed by atoms with Crippen LogP contribution in [0.25, 0.3) is 11.3 Å². The fourth-order valence-electron chi connectivity index (χ4n) is 1.55. The van der Waals surface area contributed by atoms with Crippen LogP contribution in [0.1, 0.15) is 5.56 Å². The lowest BCUT2D eigenvalue weighted by Gasteiger charge is -2.07. The molecule has 0 aliphatic heterocycles. The van der Waals surface area contributed by atoms with Crippen molar-refractivity contribution in [3.8, 4) is 17.0 Å². The third-order valence-electron chi connectivity index (χ3n) is 2.57. The van der Waals surface area contributed by atoms with Crippen LogP contribution in [0.15, 0.2) is 36.5 Å². The Kier molecular flexibility index (Phi) is 2.77. The maximum Gasteiger partial charge on any atom is 0.118 e. The Morgan fingerprint density at radius 1 is 1.12 bits per heavy atom. The molecular formula is C13H14N2O. The van der Waals surface area contributed by atoms with E-state index in [9.17, 15) is 0 Å². The lowest BCUT2D eigenvalue weighted by atomic mass is 10.1. The van der Waals surface area contributed by atoms with Gasteiger partial charge in [-0.25, -0.2) is 0 Å². The van der Waals surface area contributed by atoms with E-state index in [1.54, 1.807) is 13.3 Å². The predicted molar refractivity (Wildman–Crippen MR) is 65.4 cm³/mol. The Morgan fingerprint density at radius 2 is 1.81 bits per heavy atom. The molecule has 0 radical (unpaired) electrons. The molecule has 0 atom stereocenters. The molecule has 0 saturated carbocycles. The second-order valence-electron chi connectivity index (χ2n) is 3.62. The number of pyridine rings is 1. The first kappa shape index (κ1) is 10.5. The number of nitrogen functional groups attached to an aromatic ring is 1. The summed E-state index contributed by atoms with van der Waals surface area (Å²) < 4.78 is 5.11. The first-order chi connectivity index (χ1) is 7.72. The van der Waals surface area contributed by atoms with Crippen molar-refractivity contribution >= 4 is 5.69 Å². The van der Waals surface area contributed by atoms with Crippen molar-refractivity contribution in [2.75, 3.05) is 12.8 Å². The highest BCUT2D eigenvalue weighted by Crippen LogP contribution is 2.27. The number of nitrogens with two attached hydrogens (primary N) is 1. The molecule has 16 heavy (non-hydrogen) atoms. The number of rotatable bonds is 2. The molecule has 2 N–H and O–H groups in total. The van der Waals surface area contributed by atoms with Gasteiger partial charge in [-0.2, -0.15) is 0 Å².